The quantitative estimate of drug-likeness (QED) is 0.587. The number of halogens is 1. The number of esters is 1. The Morgan fingerprint density at radius 3 is 2.55 bits per heavy atom. The number of hydrogen-bond acceptors (Lipinski definition) is 5. The Morgan fingerprint density at radius 1 is 1.18 bits per heavy atom. The lowest BCUT2D eigenvalue weighted by Gasteiger charge is -2.23. The SMILES string of the molecule is COC(=O)CN(Sc1ccccc1)c1cc(OC)ccc1Cl. The van der Waals surface area contributed by atoms with Crippen LogP contribution in [0.15, 0.2) is 53.4 Å². The molecule has 0 unspecified atom stereocenters. The first-order valence-electron chi connectivity index (χ1n) is 6.55. The van der Waals surface area contributed by atoms with Gasteiger partial charge in [-0.1, -0.05) is 29.8 Å². The Kier molecular flexibility index (Phi) is 5.98. The standard InChI is InChI=1S/C16H16ClNO3S/c1-20-12-8-9-14(17)15(10-12)18(11-16(19)21-2)22-13-6-4-3-5-7-13/h3-10H,11H2,1-2H3. The van der Waals surface area contributed by atoms with Crippen LogP contribution < -0.4 is 9.04 Å². The van der Waals surface area contributed by atoms with E-state index >= 15 is 0 Å². The number of carbonyl (C=O) groups is 1. The van der Waals surface area contributed by atoms with Crippen LogP contribution in [0.5, 0.6) is 5.75 Å². The summed E-state index contributed by atoms with van der Waals surface area (Å²) in [5.74, 6) is 0.324. The van der Waals surface area contributed by atoms with Crippen molar-refractivity contribution in [3.8, 4) is 5.75 Å². The molecule has 2 aromatic rings. The molecule has 2 aromatic carbocycles. The average molecular weight is 338 g/mol. The lowest BCUT2D eigenvalue weighted by Crippen LogP contribution is -2.24. The van der Waals surface area contributed by atoms with Gasteiger partial charge in [0.05, 0.1) is 24.9 Å². The third-order valence-corrected chi connectivity index (χ3v) is 4.23. The Balaban J connectivity index is 2.33. The molecular formula is C16H16ClNO3S. The molecule has 22 heavy (non-hydrogen) atoms. The molecule has 0 bridgehead atoms. The van der Waals surface area contributed by atoms with Crippen LogP contribution in [0, 0.1) is 0 Å². The van der Waals surface area contributed by atoms with E-state index in [4.69, 9.17) is 21.1 Å². The topological polar surface area (TPSA) is 38.8 Å². The van der Waals surface area contributed by atoms with Crippen molar-refractivity contribution in [1.82, 2.24) is 0 Å². The lowest BCUT2D eigenvalue weighted by atomic mass is 10.3. The van der Waals surface area contributed by atoms with Gasteiger partial charge in [-0.3, -0.25) is 9.10 Å². The molecule has 0 saturated heterocycles. The van der Waals surface area contributed by atoms with Crippen LogP contribution in [-0.2, 0) is 9.53 Å². The maximum atomic E-state index is 11.7. The molecule has 2 rings (SSSR count). The summed E-state index contributed by atoms with van der Waals surface area (Å²) in [7, 11) is 2.95. The molecule has 0 aliphatic carbocycles. The second kappa shape index (κ2) is 7.96. The van der Waals surface area contributed by atoms with Gasteiger partial charge in [0.25, 0.3) is 0 Å². The molecule has 0 atom stereocenters. The van der Waals surface area contributed by atoms with E-state index in [1.165, 1.54) is 19.1 Å². The van der Waals surface area contributed by atoms with Crippen molar-refractivity contribution in [2.24, 2.45) is 0 Å². The van der Waals surface area contributed by atoms with E-state index in [0.717, 1.165) is 4.90 Å². The monoisotopic (exact) mass is 337 g/mol. The van der Waals surface area contributed by atoms with Gasteiger partial charge >= 0.3 is 5.97 Å². The molecule has 0 N–H and O–H groups in total. The van der Waals surface area contributed by atoms with Gasteiger partial charge in [-0.15, -0.1) is 0 Å². The van der Waals surface area contributed by atoms with E-state index in [-0.39, 0.29) is 12.5 Å². The molecule has 0 aromatic heterocycles. The normalized spacial score (nSPS) is 10.1. The highest BCUT2D eigenvalue weighted by Gasteiger charge is 2.17. The van der Waals surface area contributed by atoms with Gasteiger partial charge in [-0.05, 0) is 36.2 Å². The Labute approximate surface area is 139 Å². The molecule has 0 aliphatic heterocycles. The highest BCUT2D eigenvalue weighted by molar-refractivity contribution is 8.00. The molecular weight excluding hydrogens is 322 g/mol. The summed E-state index contributed by atoms with van der Waals surface area (Å²) in [4.78, 5) is 12.7. The zero-order chi connectivity index (χ0) is 15.9. The molecule has 4 nitrogen and oxygen atoms in total. The maximum Gasteiger partial charge on any atom is 0.326 e. The number of carbonyl (C=O) groups excluding carboxylic acids is 1. The third-order valence-electron chi connectivity index (χ3n) is 2.88. The first kappa shape index (κ1) is 16.5. The van der Waals surface area contributed by atoms with Crippen molar-refractivity contribution in [2.45, 2.75) is 4.90 Å². The van der Waals surface area contributed by atoms with Crippen molar-refractivity contribution >= 4 is 35.2 Å². The molecule has 0 heterocycles. The Hall–Kier alpha value is -1.85. The summed E-state index contributed by atoms with van der Waals surface area (Å²) in [6.07, 6.45) is 0. The molecule has 0 fully saturated rings. The summed E-state index contributed by atoms with van der Waals surface area (Å²) in [5, 5.41) is 0.535. The minimum absolute atomic E-state index is 0.0724. The third kappa shape index (κ3) is 4.32. The largest absolute Gasteiger partial charge is 0.497 e. The average Bonchev–Trinajstić information content (AvgIpc) is 2.55. The van der Waals surface area contributed by atoms with Gasteiger partial charge in [-0.2, -0.15) is 0 Å². The number of ether oxygens (including phenoxy) is 2. The predicted molar refractivity (Wildman–Crippen MR) is 89.7 cm³/mol. The molecule has 116 valence electrons. The highest BCUT2D eigenvalue weighted by atomic mass is 35.5. The number of benzene rings is 2. The smallest absolute Gasteiger partial charge is 0.326 e. The van der Waals surface area contributed by atoms with Gasteiger partial charge in [-0.25, -0.2) is 0 Å². The fourth-order valence-electron chi connectivity index (χ4n) is 1.77. The maximum absolute atomic E-state index is 11.7. The van der Waals surface area contributed by atoms with Crippen LogP contribution >= 0.6 is 23.5 Å². The molecule has 0 aliphatic rings. The van der Waals surface area contributed by atoms with Crippen molar-refractivity contribution in [3.05, 3.63) is 53.6 Å². The van der Waals surface area contributed by atoms with Crippen LogP contribution in [0.1, 0.15) is 0 Å². The van der Waals surface area contributed by atoms with E-state index < -0.39 is 0 Å². The first-order chi connectivity index (χ1) is 10.6. The first-order valence-corrected chi connectivity index (χ1v) is 7.70. The summed E-state index contributed by atoms with van der Waals surface area (Å²) < 4.78 is 11.8. The van der Waals surface area contributed by atoms with Crippen molar-refractivity contribution < 1.29 is 14.3 Å². The fourth-order valence-corrected chi connectivity index (χ4v) is 2.99. The predicted octanol–water partition coefficient (Wildman–Crippen LogP) is 4.04. The van der Waals surface area contributed by atoms with E-state index in [9.17, 15) is 4.79 Å². The molecule has 0 spiro atoms. The van der Waals surface area contributed by atoms with Crippen LogP contribution in [0.25, 0.3) is 0 Å². The van der Waals surface area contributed by atoms with Gasteiger partial charge in [0.1, 0.15) is 12.3 Å². The van der Waals surface area contributed by atoms with Crippen molar-refractivity contribution in [2.75, 3.05) is 25.1 Å². The Bertz CT molecular complexity index is 637. The van der Waals surface area contributed by atoms with Gasteiger partial charge in [0.2, 0.25) is 0 Å². The minimum Gasteiger partial charge on any atom is -0.497 e. The molecule has 0 saturated carbocycles. The molecule has 0 amide bonds. The summed E-state index contributed by atoms with van der Waals surface area (Å²) in [5.41, 5.74) is 0.695. The van der Waals surface area contributed by atoms with Gasteiger partial charge < -0.3 is 9.47 Å². The minimum atomic E-state index is -0.345. The van der Waals surface area contributed by atoms with Crippen molar-refractivity contribution in [1.29, 1.82) is 0 Å². The van der Waals surface area contributed by atoms with Crippen LogP contribution in [0.2, 0.25) is 5.02 Å². The molecule has 6 heteroatoms. The second-order valence-electron chi connectivity index (χ2n) is 4.33. The van der Waals surface area contributed by atoms with Gasteiger partial charge in [0, 0.05) is 11.0 Å². The lowest BCUT2D eigenvalue weighted by molar-refractivity contribution is -0.138. The summed E-state index contributed by atoms with van der Waals surface area (Å²) >= 11 is 7.69. The van der Waals surface area contributed by atoms with Crippen LogP contribution in [0.4, 0.5) is 5.69 Å². The van der Waals surface area contributed by atoms with Gasteiger partial charge in [0.15, 0.2) is 0 Å². The second-order valence-corrected chi connectivity index (χ2v) is 5.84. The Morgan fingerprint density at radius 2 is 1.91 bits per heavy atom. The number of methoxy groups -OCH3 is 2. The van der Waals surface area contributed by atoms with E-state index in [1.54, 1.807) is 29.6 Å². The van der Waals surface area contributed by atoms with Crippen LogP contribution in [0.3, 0.4) is 0 Å². The fraction of sp³-hybridized carbons (Fsp3) is 0.188. The number of anilines is 1. The van der Waals surface area contributed by atoms with Crippen LogP contribution in [-0.4, -0.2) is 26.7 Å². The van der Waals surface area contributed by atoms with E-state index in [0.29, 0.717) is 16.5 Å². The number of rotatable bonds is 6. The number of hydrogen-bond donors (Lipinski definition) is 0. The van der Waals surface area contributed by atoms with Crippen molar-refractivity contribution in [3.63, 3.8) is 0 Å². The van der Waals surface area contributed by atoms with E-state index in [2.05, 4.69) is 0 Å². The highest BCUT2D eigenvalue weighted by Crippen LogP contribution is 2.36. The van der Waals surface area contributed by atoms with E-state index in [1.807, 2.05) is 30.3 Å². The summed E-state index contributed by atoms with van der Waals surface area (Å²) in [6.45, 7) is 0.0724. The number of nitrogens with zero attached hydrogens (tertiary/aromatic N) is 1. The zero-order valence-corrected chi connectivity index (χ0v) is 13.9. The molecule has 0 radical (unpaired) electrons. The zero-order valence-electron chi connectivity index (χ0n) is 12.3. The summed E-state index contributed by atoms with van der Waals surface area (Å²) in [6, 6.07) is 15.0.